The number of carbonyl (C=O) groups is 2. The first-order valence-corrected chi connectivity index (χ1v) is 9.95. The zero-order chi connectivity index (χ0) is 20.7. The van der Waals surface area contributed by atoms with Gasteiger partial charge in [-0.2, -0.15) is 0 Å². The summed E-state index contributed by atoms with van der Waals surface area (Å²) in [6, 6.07) is 15.4. The normalized spacial score (nSPS) is 11.9. The molecule has 2 aromatic rings. The molecule has 2 amide bonds. The molecule has 1 atom stereocenters. The predicted octanol–water partition coefficient (Wildman–Crippen LogP) is 4.04. The Bertz CT molecular complexity index is 800. The minimum Gasteiger partial charge on any atom is -0.354 e. The third-order valence-electron chi connectivity index (χ3n) is 4.89. The molecule has 0 aliphatic heterocycles. The number of rotatable bonds is 8. The van der Waals surface area contributed by atoms with Crippen LogP contribution in [0.4, 0.5) is 0 Å². The lowest BCUT2D eigenvalue weighted by atomic mass is 10.0. The highest BCUT2D eigenvalue weighted by Crippen LogP contribution is 2.16. The summed E-state index contributed by atoms with van der Waals surface area (Å²) in [5.41, 5.74) is 4.25. The largest absolute Gasteiger partial charge is 0.354 e. The highest BCUT2D eigenvalue weighted by Gasteiger charge is 2.26. The van der Waals surface area contributed by atoms with Crippen molar-refractivity contribution in [1.29, 1.82) is 0 Å². The Morgan fingerprint density at radius 3 is 2.32 bits per heavy atom. The maximum atomic E-state index is 13.2. The second-order valence-corrected chi connectivity index (χ2v) is 7.93. The van der Waals surface area contributed by atoms with Gasteiger partial charge in [0.05, 0.1) is 6.42 Å². The summed E-state index contributed by atoms with van der Waals surface area (Å²) in [6.45, 7) is 11.0. The number of nitrogens with one attached hydrogen (secondary N) is 1. The van der Waals surface area contributed by atoms with Gasteiger partial charge in [-0.15, -0.1) is 0 Å². The SMILES string of the molecule is Cc1ccc(C)c(CC(=O)N(Cc2ccccc2)[C@H](C)C(=O)NCC(C)C)c1. The molecular formula is C24H32N2O2. The number of amides is 2. The fourth-order valence-electron chi connectivity index (χ4n) is 3.07. The van der Waals surface area contributed by atoms with Crippen LogP contribution in [0.5, 0.6) is 0 Å². The lowest BCUT2D eigenvalue weighted by Crippen LogP contribution is -2.48. The lowest BCUT2D eigenvalue weighted by Gasteiger charge is -2.29. The van der Waals surface area contributed by atoms with Gasteiger partial charge in [-0.3, -0.25) is 9.59 Å². The minimum atomic E-state index is -0.531. The maximum Gasteiger partial charge on any atom is 0.242 e. The quantitative estimate of drug-likeness (QED) is 0.751. The van der Waals surface area contributed by atoms with Gasteiger partial charge in [0, 0.05) is 13.1 Å². The van der Waals surface area contributed by atoms with E-state index in [9.17, 15) is 9.59 Å². The number of benzene rings is 2. The monoisotopic (exact) mass is 380 g/mol. The Morgan fingerprint density at radius 2 is 1.68 bits per heavy atom. The van der Waals surface area contributed by atoms with Crippen LogP contribution in [0.2, 0.25) is 0 Å². The van der Waals surface area contributed by atoms with E-state index in [-0.39, 0.29) is 11.8 Å². The van der Waals surface area contributed by atoms with Crippen molar-refractivity contribution in [3.8, 4) is 0 Å². The number of hydrogen-bond donors (Lipinski definition) is 1. The van der Waals surface area contributed by atoms with Crippen LogP contribution in [-0.2, 0) is 22.6 Å². The Hall–Kier alpha value is -2.62. The van der Waals surface area contributed by atoms with Crippen molar-refractivity contribution >= 4 is 11.8 Å². The zero-order valence-electron chi connectivity index (χ0n) is 17.7. The van der Waals surface area contributed by atoms with Crippen LogP contribution in [0.15, 0.2) is 48.5 Å². The Kier molecular flexibility index (Phi) is 7.80. The molecule has 1 N–H and O–H groups in total. The third kappa shape index (κ3) is 6.22. The van der Waals surface area contributed by atoms with Crippen LogP contribution in [0.25, 0.3) is 0 Å². The summed E-state index contributed by atoms with van der Waals surface area (Å²) in [7, 11) is 0. The van der Waals surface area contributed by atoms with Crippen molar-refractivity contribution in [2.24, 2.45) is 5.92 Å². The fourth-order valence-corrected chi connectivity index (χ4v) is 3.07. The summed E-state index contributed by atoms with van der Waals surface area (Å²) < 4.78 is 0. The smallest absolute Gasteiger partial charge is 0.242 e. The molecular weight excluding hydrogens is 348 g/mol. The second kappa shape index (κ2) is 10.1. The molecule has 0 bridgehead atoms. The topological polar surface area (TPSA) is 49.4 Å². The average molecular weight is 381 g/mol. The molecule has 0 aromatic heterocycles. The predicted molar refractivity (Wildman–Crippen MR) is 114 cm³/mol. The van der Waals surface area contributed by atoms with Crippen molar-refractivity contribution < 1.29 is 9.59 Å². The molecule has 2 aromatic carbocycles. The van der Waals surface area contributed by atoms with Gasteiger partial charge in [0.1, 0.15) is 6.04 Å². The molecule has 0 unspecified atom stereocenters. The highest BCUT2D eigenvalue weighted by molar-refractivity contribution is 5.88. The van der Waals surface area contributed by atoms with E-state index in [0.717, 1.165) is 22.3 Å². The molecule has 4 nitrogen and oxygen atoms in total. The Morgan fingerprint density at radius 1 is 1.00 bits per heavy atom. The van der Waals surface area contributed by atoms with Gasteiger partial charge in [-0.1, -0.05) is 67.9 Å². The standard InChI is InChI=1S/C24H32N2O2/c1-17(2)15-25-24(28)20(5)26(16-21-9-7-6-8-10-21)23(27)14-22-13-18(3)11-12-19(22)4/h6-13,17,20H,14-16H2,1-5H3,(H,25,28)/t20-/m1/s1. The molecule has 0 radical (unpaired) electrons. The molecule has 0 aliphatic rings. The molecule has 0 aliphatic carbocycles. The summed E-state index contributed by atoms with van der Waals surface area (Å²) in [6.07, 6.45) is 0.294. The number of carbonyl (C=O) groups excluding carboxylic acids is 2. The van der Waals surface area contributed by atoms with Crippen molar-refractivity contribution in [2.45, 2.75) is 53.6 Å². The van der Waals surface area contributed by atoms with E-state index in [4.69, 9.17) is 0 Å². The second-order valence-electron chi connectivity index (χ2n) is 7.93. The zero-order valence-corrected chi connectivity index (χ0v) is 17.7. The third-order valence-corrected chi connectivity index (χ3v) is 4.89. The summed E-state index contributed by atoms with van der Waals surface area (Å²) in [5, 5.41) is 2.95. The van der Waals surface area contributed by atoms with Gasteiger partial charge in [-0.05, 0) is 43.4 Å². The van der Waals surface area contributed by atoms with Crippen LogP contribution < -0.4 is 5.32 Å². The molecule has 0 saturated carbocycles. The molecule has 28 heavy (non-hydrogen) atoms. The van der Waals surface area contributed by atoms with Crippen molar-refractivity contribution in [1.82, 2.24) is 10.2 Å². The summed E-state index contributed by atoms with van der Waals surface area (Å²) in [4.78, 5) is 27.5. The van der Waals surface area contributed by atoms with Crippen LogP contribution in [0, 0.1) is 19.8 Å². The van der Waals surface area contributed by atoms with Gasteiger partial charge < -0.3 is 10.2 Å². The van der Waals surface area contributed by atoms with Gasteiger partial charge in [0.15, 0.2) is 0 Å². The Balaban J connectivity index is 2.22. The molecule has 4 heteroatoms. The van der Waals surface area contributed by atoms with E-state index < -0.39 is 6.04 Å². The van der Waals surface area contributed by atoms with Crippen molar-refractivity contribution in [3.05, 3.63) is 70.8 Å². The highest BCUT2D eigenvalue weighted by atomic mass is 16.2. The van der Waals surface area contributed by atoms with Crippen molar-refractivity contribution in [2.75, 3.05) is 6.54 Å². The molecule has 0 heterocycles. The molecule has 0 spiro atoms. The number of hydrogen-bond acceptors (Lipinski definition) is 2. The maximum absolute atomic E-state index is 13.2. The van der Waals surface area contributed by atoms with Crippen LogP contribution in [-0.4, -0.2) is 29.3 Å². The van der Waals surface area contributed by atoms with Crippen LogP contribution in [0.3, 0.4) is 0 Å². The van der Waals surface area contributed by atoms with Crippen molar-refractivity contribution in [3.63, 3.8) is 0 Å². The van der Waals surface area contributed by atoms with Crippen LogP contribution in [0.1, 0.15) is 43.0 Å². The molecule has 0 fully saturated rings. The summed E-state index contributed by atoms with van der Waals surface area (Å²) in [5.74, 6) is 0.216. The van der Waals surface area contributed by atoms with E-state index >= 15 is 0 Å². The first-order chi connectivity index (χ1) is 13.3. The van der Waals surface area contributed by atoms with Gasteiger partial charge >= 0.3 is 0 Å². The molecule has 150 valence electrons. The van der Waals surface area contributed by atoms with E-state index in [2.05, 4.69) is 25.2 Å². The average Bonchev–Trinajstić information content (AvgIpc) is 2.67. The number of nitrogens with zero attached hydrogens (tertiary/aromatic N) is 1. The van der Waals surface area contributed by atoms with Crippen LogP contribution >= 0.6 is 0 Å². The number of aryl methyl sites for hydroxylation is 2. The summed E-state index contributed by atoms with van der Waals surface area (Å²) >= 11 is 0. The van der Waals surface area contributed by atoms with E-state index in [1.807, 2.05) is 56.3 Å². The molecule has 2 rings (SSSR count). The van der Waals surface area contributed by atoms with E-state index in [1.165, 1.54) is 0 Å². The Labute approximate surface area is 169 Å². The van der Waals surface area contributed by atoms with E-state index in [0.29, 0.717) is 25.4 Å². The first-order valence-electron chi connectivity index (χ1n) is 9.95. The molecule has 0 saturated heterocycles. The van der Waals surface area contributed by atoms with Gasteiger partial charge in [-0.25, -0.2) is 0 Å². The lowest BCUT2D eigenvalue weighted by molar-refractivity contribution is -0.140. The van der Waals surface area contributed by atoms with E-state index in [1.54, 1.807) is 11.8 Å². The van der Waals surface area contributed by atoms with Gasteiger partial charge in [0.2, 0.25) is 11.8 Å². The van der Waals surface area contributed by atoms with Gasteiger partial charge in [0.25, 0.3) is 0 Å². The fraction of sp³-hybridized carbons (Fsp3) is 0.417. The minimum absolute atomic E-state index is 0.0373. The first kappa shape index (κ1) is 21.7.